The maximum absolute atomic E-state index is 11.6. The van der Waals surface area contributed by atoms with Crippen molar-refractivity contribution in [3.05, 3.63) is 76.4 Å². The number of carbonyl (C=O) groups excluding carboxylic acids is 1. The van der Waals surface area contributed by atoms with E-state index in [1.807, 2.05) is 42.5 Å². The number of alkyl carbamates (subject to hydrolysis) is 1. The number of benzene rings is 2. The van der Waals surface area contributed by atoms with Gasteiger partial charge in [0.2, 0.25) is 0 Å². The molecule has 0 bridgehead atoms. The fourth-order valence-corrected chi connectivity index (χ4v) is 2.55. The summed E-state index contributed by atoms with van der Waals surface area (Å²) in [6.45, 7) is 7.02. The molecule has 0 atom stereocenters. The number of carbonyl (C=O) groups is 1. The first-order valence-electron chi connectivity index (χ1n) is 7.75. The average Bonchev–Trinajstić information content (AvgIpc) is 2.52. The normalized spacial score (nSPS) is 10.7. The van der Waals surface area contributed by atoms with Crippen molar-refractivity contribution >= 4 is 12.2 Å². The maximum atomic E-state index is 11.6. The van der Waals surface area contributed by atoms with Crippen molar-refractivity contribution in [2.75, 3.05) is 6.54 Å². The summed E-state index contributed by atoms with van der Waals surface area (Å²) < 4.78 is 5.16. The molecule has 3 nitrogen and oxygen atoms in total. The quantitative estimate of drug-likeness (QED) is 0.880. The number of hydrogen-bond donors (Lipinski definition) is 1. The monoisotopic (exact) mass is 309 g/mol. The number of rotatable bonds is 5. The van der Waals surface area contributed by atoms with Gasteiger partial charge in [-0.3, -0.25) is 0 Å². The van der Waals surface area contributed by atoms with Crippen LogP contribution in [0.5, 0.6) is 0 Å². The molecule has 2 rings (SSSR count). The molecule has 1 amide bonds. The number of nitrogens with one attached hydrogen (secondary N) is 1. The highest BCUT2D eigenvalue weighted by atomic mass is 16.5. The van der Waals surface area contributed by atoms with Crippen LogP contribution in [0.4, 0.5) is 4.79 Å². The lowest BCUT2D eigenvalue weighted by Crippen LogP contribution is -2.24. The van der Waals surface area contributed by atoms with E-state index < -0.39 is 6.09 Å². The van der Waals surface area contributed by atoms with Crippen LogP contribution in [0.15, 0.2) is 48.5 Å². The molecule has 1 N–H and O–H groups in total. The Labute approximate surface area is 138 Å². The predicted molar refractivity (Wildman–Crippen MR) is 94.3 cm³/mol. The molecule has 2 aromatic carbocycles. The van der Waals surface area contributed by atoms with Crippen molar-refractivity contribution < 1.29 is 9.53 Å². The van der Waals surface area contributed by atoms with Gasteiger partial charge in [0, 0.05) is 6.54 Å². The lowest BCUT2D eigenvalue weighted by Gasteiger charge is -2.07. The molecule has 0 radical (unpaired) electrons. The summed E-state index contributed by atoms with van der Waals surface area (Å²) in [4.78, 5) is 11.6. The lowest BCUT2D eigenvalue weighted by atomic mass is 9.99. The fraction of sp³-hybridized carbons (Fsp3) is 0.250. The molecule has 0 aliphatic heterocycles. The number of hydrogen-bond acceptors (Lipinski definition) is 2. The molecular formula is C20H23NO2. The first-order chi connectivity index (χ1) is 11.1. The fourth-order valence-electron chi connectivity index (χ4n) is 2.55. The highest BCUT2D eigenvalue weighted by Crippen LogP contribution is 2.17. The molecule has 0 aliphatic rings. The van der Waals surface area contributed by atoms with E-state index in [-0.39, 0.29) is 6.61 Å². The Kier molecular flexibility index (Phi) is 5.98. The summed E-state index contributed by atoms with van der Waals surface area (Å²) in [5.41, 5.74) is 5.93. The average molecular weight is 309 g/mol. The summed E-state index contributed by atoms with van der Waals surface area (Å²) in [5, 5.41) is 2.73. The van der Waals surface area contributed by atoms with Crippen LogP contribution in [0.25, 0.3) is 6.08 Å². The largest absolute Gasteiger partial charge is 0.445 e. The Morgan fingerprint density at radius 1 is 1.09 bits per heavy atom. The second-order valence-corrected chi connectivity index (χ2v) is 5.66. The predicted octanol–water partition coefficient (Wildman–Crippen LogP) is 4.55. The number of amides is 1. The van der Waals surface area contributed by atoms with Gasteiger partial charge >= 0.3 is 6.09 Å². The maximum Gasteiger partial charge on any atom is 0.407 e. The Balaban J connectivity index is 1.79. The zero-order chi connectivity index (χ0) is 16.7. The van der Waals surface area contributed by atoms with Crippen LogP contribution in [0.3, 0.4) is 0 Å². The van der Waals surface area contributed by atoms with E-state index in [4.69, 9.17) is 4.74 Å². The van der Waals surface area contributed by atoms with Crippen molar-refractivity contribution in [1.29, 1.82) is 0 Å². The van der Waals surface area contributed by atoms with E-state index in [1.165, 1.54) is 22.3 Å². The van der Waals surface area contributed by atoms with Gasteiger partial charge in [-0.1, -0.05) is 60.2 Å². The number of ether oxygens (including phenoxy) is 1. The molecule has 0 saturated carbocycles. The molecule has 3 heteroatoms. The van der Waals surface area contributed by atoms with E-state index in [0.29, 0.717) is 6.54 Å². The van der Waals surface area contributed by atoms with Gasteiger partial charge in [0.1, 0.15) is 6.61 Å². The van der Waals surface area contributed by atoms with Crippen LogP contribution in [0.2, 0.25) is 0 Å². The van der Waals surface area contributed by atoms with Gasteiger partial charge in [-0.2, -0.15) is 0 Å². The standard InChI is InChI=1S/C20H23NO2/c1-15-12-16(2)19(17(3)13-15)10-7-11-21-20(22)23-14-18-8-5-4-6-9-18/h4-10,12-13H,11,14H2,1-3H3,(H,21,22). The first kappa shape index (κ1) is 16.8. The summed E-state index contributed by atoms with van der Waals surface area (Å²) in [5.74, 6) is 0. The SMILES string of the molecule is Cc1cc(C)c(C=CCNC(=O)OCc2ccccc2)c(C)c1. The van der Waals surface area contributed by atoms with Crippen LogP contribution in [0, 0.1) is 20.8 Å². The smallest absolute Gasteiger partial charge is 0.407 e. The van der Waals surface area contributed by atoms with Gasteiger partial charge in [0.15, 0.2) is 0 Å². The molecule has 0 aromatic heterocycles. The summed E-state index contributed by atoms with van der Waals surface area (Å²) in [6.07, 6.45) is 3.58. The van der Waals surface area contributed by atoms with Gasteiger partial charge in [0.05, 0.1) is 0 Å². The van der Waals surface area contributed by atoms with Crippen LogP contribution < -0.4 is 5.32 Å². The van der Waals surface area contributed by atoms with Gasteiger partial charge in [-0.05, 0) is 43.0 Å². The second-order valence-electron chi connectivity index (χ2n) is 5.66. The van der Waals surface area contributed by atoms with E-state index in [1.54, 1.807) is 0 Å². The van der Waals surface area contributed by atoms with Gasteiger partial charge in [0.25, 0.3) is 0 Å². The molecule has 0 heterocycles. The van der Waals surface area contributed by atoms with Crippen LogP contribution >= 0.6 is 0 Å². The van der Waals surface area contributed by atoms with E-state index in [2.05, 4.69) is 38.2 Å². The van der Waals surface area contributed by atoms with E-state index in [0.717, 1.165) is 5.56 Å². The second kappa shape index (κ2) is 8.18. The Morgan fingerprint density at radius 3 is 2.39 bits per heavy atom. The summed E-state index contributed by atoms with van der Waals surface area (Å²) >= 11 is 0. The highest BCUT2D eigenvalue weighted by molar-refractivity contribution is 5.68. The topological polar surface area (TPSA) is 38.3 Å². The van der Waals surface area contributed by atoms with Crippen molar-refractivity contribution in [3.8, 4) is 0 Å². The third-order valence-electron chi connectivity index (χ3n) is 3.60. The highest BCUT2D eigenvalue weighted by Gasteiger charge is 2.02. The van der Waals surface area contributed by atoms with Gasteiger partial charge in [-0.25, -0.2) is 4.79 Å². The molecular weight excluding hydrogens is 286 g/mol. The summed E-state index contributed by atoms with van der Waals surface area (Å²) in [7, 11) is 0. The molecule has 0 saturated heterocycles. The molecule has 120 valence electrons. The third-order valence-corrected chi connectivity index (χ3v) is 3.60. The molecule has 0 aliphatic carbocycles. The minimum atomic E-state index is -0.407. The lowest BCUT2D eigenvalue weighted by molar-refractivity contribution is 0.141. The van der Waals surface area contributed by atoms with Crippen LogP contribution in [0.1, 0.15) is 27.8 Å². The molecule has 0 fully saturated rings. The van der Waals surface area contributed by atoms with Crippen molar-refractivity contribution in [2.45, 2.75) is 27.4 Å². The number of aryl methyl sites for hydroxylation is 3. The minimum Gasteiger partial charge on any atom is -0.445 e. The Morgan fingerprint density at radius 2 is 1.74 bits per heavy atom. The minimum absolute atomic E-state index is 0.284. The molecule has 23 heavy (non-hydrogen) atoms. The molecule has 0 spiro atoms. The third kappa shape index (κ3) is 5.29. The van der Waals surface area contributed by atoms with Gasteiger partial charge < -0.3 is 10.1 Å². The first-order valence-corrected chi connectivity index (χ1v) is 7.75. The molecule has 0 unspecified atom stereocenters. The molecule has 2 aromatic rings. The van der Waals surface area contributed by atoms with E-state index >= 15 is 0 Å². The van der Waals surface area contributed by atoms with Crippen molar-refractivity contribution in [1.82, 2.24) is 5.32 Å². The van der Waals surface area contributed by atoms with E-state index in [9.17, 15) is 4.79 Å². The van der Waals surface area contributed by atoms with Crippen molar-refractivity contribution in [2.24, 2.45) is 0 Å². The summed E-state index contributed by atoms with van der Waals surface area (Å²) in [6, 6.07) is 14.0. The van der Waals surface area contributed by atoms with Crippen LogP contribution in [-0.2, 0) is 11.3 Å². The zero-order valence-corrected chi connectivity index (χ0v) is 13.9. The Bertz CT molecular complexity index is 667. The Hall–Kier alpha value is -2.55. The van der Waals surface area contributed by atoms with Crippen LogP contribution in [-0.4, -0.2) is 12.6 Å². The van der Waals surface area contributed by atoms with Gasteiger partial charge in [-0.15, -0.1) is 0 Å². The zero-order valence-electron chi connectivity index (χ0n) is 13.9. The van der Waals surface area contributed by atoms with Crippen molar-refractivity contribution in [3.63, 3.8) is 0 Å².